The summed E-state index contributed by atoms with van der Waals surface area (Å²) in [4.78, 5) is 4.86. The summed E-state index contributed by atoms with van der Waals surface area (Å²) in [5, 5.41) is 0.787. The second-order valence-corrected chi connectivity index (χ2v) is 7.52. The zero-order valence-electron chi connectivity index (χ0n) is 12.8. The van der Waals surface area contributed by atoms with Crippen LogP contribution in [-0.4, -0.2) is 26.9 Å². The summed E-state index contributed by atoms with van der Waals surface area (Å²) in [7, 11) is 0. The number of imidazole rings is 1. The van der Waals surface area contributed by atoms with Crippen molar-refractivity contribution in [2.75, 3.05) is 12.1 Å². The van der Waals surface area contributed by atoms with Crippen LogP contribution in [0.3, 0.4) is 0 Å². The second kappa shape index (κ2) is 6.62. The van der Waals surface area contributed by atoms with Gasteiger partial charge < -0.3 is 4.57 Å². The van der Waals surface area contributed by atoms with Gasteiger partial charge >= 0.3 is 0 Å². The fourth-order valence-electron chi connectivity index (χ4n) is 3.50. The van der Waals surface area contributed by atoms with Crippen molar-refractivity contribution in [1.82, 2.24) is 9.55 Å². The Morgan fingerprint density at radius 3 is 3.00 bits per heavy atom. The van der Waals surface area contributed by atoms with Gasteiger partial charge in [-0.05, 0) is 50.1 Å². The molecule has 2 nitrogen and oxygen atoms in total. The topological polar surface area (TPSA) is 17.8 Å². The minimum Gasteiger partial charge on any atom is -0.325 e. The lowest BCUT2D eigenvalue weighted by Gasteiger charge is -2.30. The Morgan fingerprint density at radius 1 is 1.38 bits per heavy atom. The molecule has 3 rings (SSSR count). The van der Waals surface area contributed by atoms with Gasteiger partial charge in [0.1, 0.15) is 5.82 Å². The van der Waals surface area contributed by atoms with Crippen LogP contribution in [0.2, 0.25) is 0 Å². The maximum Gasteiger partial charge on any atom is 0.111 e. The number of hydrogen-bond donors (Lipinski definition) is 0. The molecule has 2 unspecified atom stereocenters. The lowest BCUT2D eigenvalue weighted by atomic mass is 9.94. The van der Waals surface area contributed by atoms with Crippen molar-refractivity contribution in [3.63, 3.8) is 0 Å². The highest BCUT2D eigenvalue weighted by molar-refractivity contribution is 7.99. The molecule has 0 N–H and O–H groups in total. The maximum absolute atomic E-state index is 6.00. The molecule has 1 aliphatic rings. The predicted octanol–water partition coefficient (Wildman–Crippen LogP) is 4.97. The fraction of sp³-hybridized carbons (Fsp3) is 0.588. The predicted molar refractivity (Wildman–Crippen MR) is 93.7 cm³/mol. The van der Waals surface area contributed by atoms with Crippen LogP contribution >= 0.6 is 23.4 Å². The molecule has 1 aliphatic carbocycles. The Bertz CT molecular complexity index is 623. The van der Waals surface area contributed by atoms with E-state index in [2.05, 4.69) is 35.9 Å². The molecule has 0 aliphatic heterocycles. The van der Waals surface area contributed by atoms with E-state index in [0.717, 1.165) is 23.0 Å². The third kappa shape index (κ3) is 3.09. The van der Waals surface area contributed by atoms with E-state index in [1.54, 1.807) is 0 Å². The van der Waals surface area contributed by atoms with Crippen molar-refractivity contribution in [2.24, 2.45) is 0 Å². The van der Waals surface area contributed by atoms with Gasteiger partial charge in [0.2, 0.25) is 0 Å². The number of alkyl halides is 1. The highest BCUT2D eigenvalue weighted by atomic mass is 35.5. The number of benzene rings is 1. The molecule has 0 bridgehead atoms. The maximum atomic E-state index is 6.00. The Hall–Kier alpha value is -0.670. The first-order chi connectivity index (χ1) is 10.2. The van der Waals surface area contributed by atoms with Crippen molar-refractivity contribution in [3.05, 3.63) is 29.6 Å². The van der Waals surface area contributed by atoms with E-state index in [4.69, 9.17) is 16.6 Å². The molecule has 1 aromatic carbocycles. The molecular formula is C17H23ClN2S. The number of hydrogen-bond acceptors (Lipinski definition) is 2. The number of aromatic nitrogens is 2. The summed E-state index contributed by atoms with van der Waals surface area (Å²) in [5.41, 5.74) is 3.68. The van der Waals surface area contributed by atoms with Gasteiger partial charge in [0, 0.05) is 23.6 Å². The van der Waals surface area contributed by atoms with E-state index in [0.29, 0.717) is 11.9 Å². The van der Waals surface area contributed by atoms with Gasteiger partial charge in [-0.2, -0.15) is 11.8 Å². The first-order valence-corrected chi connectivity index (χ1v) is 9.61. The van der Waals surface area contributed by atoms with E-state index in [9.17, 15) is 0 Å². The normalized spacial score (nSPS) is 22.8. The Morgan fingerprint density at radius 2 is 2.24 bits per heavy atom. The van der Waals surface area contributed by atoms with E-state index >= 15 is 0 Å². The fourth-order valence-corrected chi connectivity index (χ4v) is 4.48. The highest BCUT2D eigenvalue weighted by Gasteiger charge is 2.25. The summed E-state index contributed by atoms with van der Waals surface area (Å²) in [5.74, 6) is 1.80. The molecular weight excluding hydrogens is 300 g/mol. The van der Waals surface area contributed by atoms with Gasteiger partial charge in [-0.15, -0.1) is 11.6 Å². The molecule has 2 aromatic rings. The van der Waals surface area contributed by atoms with Crippen molar-refractivity contribution < 1.29 is 0 Å². The van der Waals surface area contributed by atoms with Gasteiger partial charge in [0.05, 0.1) is 11.0 Å². The summed E-state index contributed by atoms with van der Waals surface area (Å²) < 4.78 is 2.49. The standard InChI is InChI=1S/C17H23ClN2S/c1-12-6-7-16-15(10-12)19-17(8-9-18)20(16)13-4-3-5-14(11-13)21-2/h6-7,10,13-14H,3-5,8-9,11H2,1-2H3. The SMILES string of the molecule is CSC1CCCC(n2c(CCCl)nc3cc(C)ccc32)C1. The first-order valence-electron chi connectivity index (χ1n) is 7.79. The quantitative estimate of drug-likeness (QED) is 0.739. The molecule has 1 fully saturated rings. The summed E-state index contributed by atoms with van der Waals surface area (Å²) in [6.45, 7) is 2.13. The van der Waals surface area contributed by atoms with E-state index < -0.39 is 0 Å². The number of fused-ring (bicyclic) bond motifs is 1. The van der Waals surface area contributed by atoms with Crippen molar-refractivity contribution >= 4 is 34.4 Å². The van der Waals surface area contributed by atoms with Gasteiger partial charge in [-0.25, -0.2) is 4.98 Å². The van der Waals surface area contributed by atoms with Gasteiger partial charge in [0.25, 0.3) is 0 Å². The van der Waals surface area contributed by atoms with Crippen LogP contribution < -0.4 is 0 Å². The van der Waals surface area contributed by atoms with Gasteiger partial charge in [-0.3, -0.25) is 0 Å². The van der Waals surface area contributed by atoms with Gasteiger partial charge in [-0.1, -0.05) is 12.5 Å². The first kappa shape index (κ1) is 15.2. The van der Waals surface area contributed by atoms with Crippen molar-refractivity contribution in [3.8, 4) is 0 Å². The zero-order valence-corrected chi connectivity index (χ0v) is 14.4. The Balaban J connectivity index is 2.04. The third-order valence-electron chi connectivity index (χ3n) is 4.53. The zero-order chi connectivity index (χ0) is 14.8. The molecule has 1 heterocycles. The number of rotatable bonds is 4. The summed E-state index contributed by atoms with van der Waals surface area (Å²) in [6, 6.07) is 7.21. The third-order valence-corrected chi connectivity index (χ3v) is 5.82. The lowest BCUT2D eigenvalue weighted by Crippen LogP contribution is -2.22. The summed E-state index contributed by atoms with van der Waals surface area (Å²) in [6.07, 6.45) is 8.30. The van der Waals surface area contributed by atoms with Crippen LogP contribution in [0.25, 0.3) is 11.0 Å². The molecule has 0 radical (unpaired) electrons. The smallest absolute Gasteiger partial charge is 0.111 e. The van der Waals surface area contributed by atoms with Crippen molar-refractivity contribution in [2.45, 2.75) is 50.3 Å². The highest BCUT2D eigenvalue weighted by Crippen LogP contribution is 2.37. The molecule has 1 aromatic heterocycles. The molecule has 114 valence electrons. The van der Waals surface area contributed by atoms with Crippen LogP contribution in [-0.2, 0) is 6.42 Å². The lowest BCUT2D eigenvalue weighted by molar-refractivity contribution is 0.360. The van der Waals surface area contributed by atoms with Crippen molar-refractivity contribution in [1.29, 1.82) is 0 Å². The van der Waals surface area contributed by atoms with Gasteiger partial charge in [0.15, 0.2) is 0 Å². The second-order valence-electron chi connectivity index (χ2n) is 6.01. The van der Waals surface area contributed by atoms with Crippen LogP contribution in [0.15, 0.2) is 18.2 Å². The monoisotopic (exact) mass is 322 g/mol. The molecule has 4 heteroatoms. The molecule has 21 heavy (non-hydrogen) atoms. The van der Waals surface area contributed by atoms with Crippen LogP contribution in [0.5, 0.6) is 0 Å². The molecule has 0 spiro atoms. The summed E-state index contributed by atoms with van der Waals surface area (Å²) >= 11 is 8.02. The van der Waals surface area contributed by atoms with E-state index in [1.165, 1.54) is 36.8 Å². The number of thioether (sulfide) groups is 1. The molecule has 1 saturated carbocycles. The van der Waals surface area contributed by atoms with Crippen LogP contribution in [0, 0.1) is 6.92 Å². The van der Waals surface area contributed by atoms with Crippen LogP contribution in [0.4, 0.5) is 0 Å². The molecule has 0 amide bonds. The number of nitrogens with zero attached hydrogens (tertiary/aromatic N) is 2. The van der Waals surface area contributed by atoms with Crippen LogP contribution in [0.1, 0.15) is 43.1 Å². The number of aryl methyl sites for hydroxylation is 2. The molecule has 0 saturated heterocycles. The average molecular weight is 323 g/mol. The minimum atomic E-state index is 0.585. The Labute approximate surface area is 136 Å². The molecule has 2 atom stereocenters. The largest absolute Gasteiger partial charge is 0.325 e. The van der Waals surface area contributed by atoms with E-state index in [1.807, 2.05) is 11.8 Å². The van der Waals surface area contributed by atoms with E-state index in [-0.39, 0.29) is 0 Å². The Kier molecular flexibility index (Phi) is 4.80. The minimum absolute atomic E-state index is 0.585. The number of halogens is 1. The average Bonchev–Trinajstić information content (AvgIpc) is 2.84.